The van der Waals surface area contributed by atoms with Crippen LogP contribution in [0.2, 0.25) is 0 Å². The van der Waals surface area contributed by atoms with E-state index in [4.69, 9.17) is 0 Å². The number of nitrogens with zero attached hydrogens (tertiary/aromatic N) is 1. The summed E-state index contributed by atoms with van der Waals surface area (Å²) in [5, 5.41) is 2.86. The smallest absolute Gasteiger partial charge is 0.264 e. The molecule has 0 atom stereocenters. The largest absolute Gasteiger partial charge is 0.324 e. The average Bonchev–Trinajstić information content (AvgIpc) is 2.73. The molecule has 0 radical (unpaired) electrons. The number of nitrogens with one attached hydrogen (secondary N) is 1. The van der Waals surface area contributed by atoms with Gasteiger partial charge in [0.2, 0.25) is 5.91 Å². The predicted molar refractivity (Wildman–Crippen MR) is 117 cm³/mol. The Morgan fingerprint density at radius 2 is 1.52 bits per heavy atom. The fourth-order valence-corrected chi connectivity index (χ4v) is 4.64. The van der Waals surface area contributed by atoms with E-state index in [0.717, 1.165) is 17.5 Å². The van der Waals surface area contributed by atoms with Gasteiger partial charge < -0.3 is 5.32 Å². The molecule has 3 aromatic carbocycles. The quantitative estimate of drug-likeness (QED) is 0.630. The Balaban J connectivity index is 1.96. The first kappa shape index (κ1) is 20.6. The normalized spacial score (nSPS) is 11.1. The third-order valence-corrected chi connectivity index (χ3v) is 6.45. The standard InChI is InChI=1S/C23H24N2O3S/c1-3-19-12-8-9-15-21(19)24-23(26)17-25(22-16-10-7-11-18(22)2)29(27,28)20-13-5-4-6-14-20/h4-16H,3,17H2,1-2H3,(H,24,26). The number of para-hydroxylation sites is 2. The molecule has 0 saturated carbocycles. The fraction of sp³-hybridized carbons (Fsp3) is 0.174. The molecule has 150 valence electrons. The van der Waals surface area contributed by atoms with Crippen molar-refractivity contribution in [3.8, 4) is 0 Å². The number of rotatable bonds is 7. The van der Waals surface area contributed by atoms with Gasteiger partial charge >= 0.3 is 0 Å². The van der Waals surface area contributed by atoms with Gasteiger partial charge in [-0.25, -0.2) is 8.42 Å². The molecule has 0 aromatic heterocycles. The number of carbonyl (C=O) groups is 1. The number of hydrogen-bond donors (Lipinski definition) is 1. The van der Waals surface area contributed by atoms with Gasteiger partial charge in [0.15, 0.2) is 0 Å². The van der Waals surface area contributed by atoms with Crippen LogP contribution in [0.15, 0.2) is 83.8 Å². The van der Waals surface area contributed by atoms with Crippen molar-refractivity contribution in [2.75, 3.05) is 16.2 Å². The van der Waals surface area contributed by atoms with Crippen molar-refractivity contribution in [2.24, 2.45) is 0 Å². The molecule has 0 aliphatic carbocycles. The van der Waals surface area contributed by atoms with E-state index in [1.165, 1.54) is 16.4 Å². The van der Waals surface area contributed by atoms with Crippen LogP contribution in [0.25, 0.3) is 0 Å². The molecule has 0 spiro atoms. The van der Waals surface area contributed by atoms with Crippen LogP contribution in [-0.2, 0) is 21.2 Å². The topological polar surface area (TPSA) is 66.5 Å². The van der Waals surface area contributed by atoms with Crippen LogP contribution >= 0.6 is 0 Å². The maximum Gasteiger partial charge on any atom is 0.264 e. The molecule has 0 heterocycles. The van der Waals surface area contributed by atoms with E-state index in [9.17, 15) is 13.2 Å². The third kappa shape index (κ3) is 4.66. The van der Waals surface area contributed by atoms with Crippen LogP contribution in [0.3, 0.4) is 0 Å². The van der Waals surface area contributed by atoms with Crippen molar-refractivity contribution in [3.63, 3.8) is 0 Å². The third-order valence-electron chi connectivity index (χ3n) is 4.67. The van der Waals surface area contributed by atoms with Crippen LogP contribution in [0.5, 0.6) is 0 Å². The maximum absolute atomic E-state index is 13.3. The van der Waals surface area contributed by atoms with Crippen molar-refractivity contribution in [2.45, 2.75) is 25.2 Å². The molecule has 0 aliphatic rings. The Labute approximate surface area is 172 Å². The van der Waals surface area contributed by atoms with Crippen molar-refractivity contribution in [1.82, 2.24) is 0 Å². The van der Waals surface area contributed by atoms with Crippen LogP contribution in [0, 0.1) is 6.92 Å². The summed E-state index contributed by atoms with van der Waals surface area (Å²) < 4.78 is 27.9. The number of aryl methyl sites for hydroxylation is 2. The zero-order chi connectivity index (χ0) is 20.9. The minimum atomic E-state index is -3.91. The number of hydrogen-bond acceptors (Lipinski definition) is 3. The Hall–Kier alpha value is -3.12. The summed E-state index contributed by atoms with van der Waals surface area (Å²) in [6.07, 6.45) is 0.764. The van der Waals surface area contributed by atoms with Gasteiger partial charge in [-0.15, -0.1) is 0 Å². The Morgan fingerprint density at radius 1 is 0.897 bits per heavy atom. The highest BCUT2D eigenvalue weighted by molar-refractivity contribution is 7.92. The lowest BCUT2D eigenvalue weighted by atomic mass is 10.1. The average molecular weight is 409 g/mol. The van der Waals surface area contributed by atoms with Gasteiger partial charge in [-0.2, -0.15) is 0 Å². The molecular weight excluding hydrogens is 384 g/mol. The van der Waals surface area contributed by atoms with E-state index in [1.807, 2.05) is 50.2 Å². The van der Waals surface area contributed by atoms with Crippen molar-refractivity contribution in [3.05, 3.63) is 90.0 Å². The molecule has 1 amide bonds. The van der Waals surface area contributed by atoms with Gasteiger partial charge in [0, 0.05) is 5.69 Å². The molecular formula is C23H24N2O3S. The zero-order valence-electron chi connectivity index (χ0n) is 16.5. The summed E-state index contributed by atoms with van der Waals surface area (Å²) in [5.74, 6) is -0.395. The first-order valence-electron chi connectivity index (χ1n) is 9.44. The Morgan fingerprint density at radius 3 is 2.21 bits per heavy atom. The first-order valence-corrected chi connectivity index (χ1v) is 10.9. The second-order valence-electron chi connectivity index (χ2n) is 6.67. The van der Waals surface area contributed by atoms with Gasteiger partial charge in [0.1, 0.15) is 6.54 Å². The van der Waals surface area contributed by atoms with Gasteiger partial charge in [0.05, 0.1) is 10.6 Å². The Bertz CT molecular complexity index is 1100. The monoisotopic (exact) mass is 408 g/mol. The Kier molecular flexibility index (Phi) is 6.34. The highest BCUT2D eigenvalue weighted by Crippen LogP contribution is 2.27. The molecule has 0 unspecified atom stereocenters. The molecule has 3 aromatic rings. The second-order valence-corrected chi connectivity index (χ2v) is 8.53. The van der Waals surface area contributed by atoms with Crippen LogP contribution in [-0.4, -0.2) is 20.9 Å². The molecule has 3 rings (SSSR count). The lowest BCUT2D eigenvalue weighted by Crippen LogP contribution is -2.38. The maximum atomic E-state index is 13.3. The molecule has 0 aliphatic heterocycles. The SMILES string of the molecule is CCc1ccccc1NC(=O)CN(c1ccccc1C)S(=O)(=O)c1ccccc1. The number of amides is 1. The zero-order valence-corrected chi connectivity index (χ0v) is 17.3. The van der Waals surface area contributed by atoms with Crippen LogP contribution < -0.4 is 9.62 Å². The summed E-state index contributed by atoms with van der Waals surface area (Å²) in [6, 6.07) is 22.8. The minimum Gasteiger partial charge on any atom is -0.324 e. The van der Waals surface area contributed by atoms with E-state index in [-0.39, 0.29) is 11.4 Å². The molecule has 6 heteroatoms. The van der Waals surface area contributed by atoms with E-state index in [0.29, 0.717) is 11.4 Å². The van der Waals surface area contributed by atoms with Gasteiger partial charge in [-0.1, -0.05) is 61.5 Å². The lowest BCUT2D eigenvalue weighted by molar-refractivity contribution is -0.114. The first-order chi connectivity index (χ1) is 13.9. The van der Waals surface area contributed by atoms with Gasteiger partial charge in [0.25, 0.3) is 10.0 Å². The van der Waals surface area contributed by atoms with E-state index in [1.54, 1.807) is 30.3 Å². The molecule has 1 N–H and O–H groups in total. The molecule has 0 bridgehead atoms. The van der Waals surface area contributed by atoms with E-state index in [2.05, 4.69) is 5.32 Å². The summed E-state index contributed by atoms with van der Waals surface area (Å²) in [4.78, 5) is 13.0. The summed E-state index contributed by atoms with van der Waals surface area (Å²) in [6.45, 7) is 3.51. The molecule has 29 heavy (non-hydrogen) atoms. The lowest BCUT2D eigenvalue weighted by Gasteiger charge is -2.25. The number of anilines is 2. The van der Waals surface area contributed by atoms with Crippen molar-refractivity contribution < 1.29 is 13.2 Å². The summed E-state index contributed by atoms with van der Waals surface area (Å²) >= 11 is 0. The van der Waals surface area contributed by atoms with E-state index >= 15 is 0 Å². The van der Waals surface area contributed by atoms with Crippen LogP contribution in [0.1, 0.15) is 18.1 Å². The van der Waals surface area contributed by atoms with Crippen molar-refractivity contribution >= 4 is 27.3 Å². The van der Waals surface area contributed by atoms with Crippen molar-refractivity contribution in [1.29, 1.82) is 0 Å². The number of sulfonamides is 1. The molecule has 0 fully saturated rings. The number of benzene rings is 3. The predicted octanol–water partition coefficient (Wildman–Crippen LogP) is 4.39. The van der Waals surface area contributed by atoms with Gasteiger partial charge in [-0.05, 0) is 48.7 Å². The van der Waals surface area contributed by atoms with Crippen LogP contribution in [0.4, 0.5) is 11.4 Å². The van der Waals surface area contributed by atoms with E-state index < -0.39 is 15.9 Å². The summed E-state index contributed by atoms with van der Waals surface area (Å²) in [7, 11) is -3.91. The molecule has 5 nitrogen and oxygen atoms in total. The van der Waals surface area contributed by atoms with Gasteiger partial charge in [-0.3, -0.25) is 9.10 Å². The highest BCUT2D eigenvalue weighted by atomic mass is 32.2. The minimum absolute atomic E-state index is 0.144. The second kappa shape index (κ2) is 8.92. The summed E-state index contributed by atoms with van der Waals surface area (Å²) in [5.41, 5.74) is 2.94. The number of carbonyl (C=O) groups excluding carboxylic acids is 1. The molecule has 0 saturated heterocycles. The highest BCUT2D eigenvalue weighted by Gasteiger charge is 2.28. The fourth-order valence-electron chi connectivity index (χ4n) is 3.13.